The molecule has 74 valence electrons. The molecular weight excluding hydrogens is 168 g/mol. The van der Waals surface area contributed by atoms with Gasteiger partial charge in [-0.15, -0.1) is 0 Å². The van der Waals surface area contributed by atoms with Gasteiger partial charge in [-0.3, -0.25) is 4.79 Å². The number of aldehydes is 1. The van der Waals surface area contributed by atoms with Crippen LogP contribution in [0.15, 0.2) is 0 Å². The molecule has 13 heavy (non-hydrogen) atoms. The number of methoxy groups -OCH3 is 1. The lowest BCUT2D eigenvalue weighted by atomic mass is 9.67. The molecule has 1 fully saturated rings. The Hall–Kier alpha value is -0.700. The minimum absolute atomic E-state index is 0.0798. The molecule has 3 nitrogen and oxygen atoms in total. The molecule has 0 saturated heterocycles. The van der Waals surface area contributed by atoms with E-state index in [-0.39, 0.29) is 17.8 Å². The predicted molar refractivity (Wildman–Crippen MR) is 48.4 cm³/mol. The topological polar surface area (TPSA) is 43.4 Å². The van der Waals surface area contributed by atoms with Gasteiger partial charge in [-0.1, -0.05) is 13.8 Å². The molecule has 0 spiro atoms. The molecule has 1 aliphatic rings. The van der Waals surface area contributed by atoms with Crippen molar-refractivity contribution in [3.05, 3.63) is 0 Å². The number of ketones is 1. The fourth-order valence-electron chi connectivity index (χ4n) is 1.92. The van der Waals surface area contributed by atoms with Gasteiger partial charge in [0.2, 0.25) is 0 Å². The van der Waals surface area contributed by atoms with Crippen molar-refractivity contribution in [2.75, 3.05) is 7.11 Å². The van der Waals surface area contributed by atoms with Gasteiger partial charge in [-0.2, -0.15) is 0 Å². The number of Topliss-reactive ketones (excluding diaryl/α,β-unsaturated/α-hetero) is 1. The first kappa shape index (κ1) is 10.4. The van der Waals surface area contributed by atoms with E-state index in [1.165, 1.54) is 0 Å². The third kappa shape index (κ3) is 1.66. The molecule has 0 unspecified atom stereocenters. The van der Waals surface area contributed by atoms with Crippen molar-refractivity contribution in [3.8, 4) is 0 Å². The van der Waals surface area contributed by atoms with Gasteiger partial charge >= 0.3 is 0 Å². The molecule has 0 aromatic heterocycles. The summed E-state index contributed by atoms with van der Waals surface area (Å²) in [4.78, 5) is 22.2. The van der Waals surface area contributed by atoms with Crippen LogP contribution in [0.3, 0.4) is 0 Å². The first-order valence-corrected chi connectivity index (χ1v) is 4.55. The average Bonchev–Trinajstić information content (AvgIpc) is 2.11. The molecule has 1 aliphatic carbocycles. The highest BCUT2D eigenvalue weighted by Crippen LogP contribution is 2.39. The molecule has 3 atom stereocenters. The van der Waals surface area contributed by atoms with E-state index in [0.717, 1.165) is 6.29 Å². The van der Waals surface area contributed by atoms with Crippen LogP contribution in [-0.4, -0.2) is 25.3 Å². The summed E-state index contributed by atoms with van der Waals surface area (Å²) in [6.07, 6.45) is 1.55. The maximum absolute atomic E-state index is 11.3. The average molecular weight is 184 g/mol. The summed E-state index contributed by atoms with van der Waals surface area (Å²) in [5.41, 5.74) is -0.497. The van der Waals surface area contributed by atoms with Crippen molar-refractivity contribution in [3.63, 3.8) is 0 Å². The molecule has 1 rings (SSSR count). The zero-order valence-electron chi connectivity index (χ0n) is 8.37. The molecule has 1 saturated carbocycles. The summed E-state index contributed by atoms with van der Waals surface area (Å²) in [7, 11) is 1.55. The second-order valence-corrected chi connectivity index (χ2v) is 4.06. The second-order valence-electron chi connectivity index (χ2n) is 4.06. The normalized spacial score (nSPS) is 40.4. The molecule has 0 aliphatic heterocycles. The largest absolute Gasteiger partial charge is 0.380 e. The minimum Gasteiger partial charge on any atom is -0.380 e. The molecule has 0 amide bonds. The Morgan fingerprint density at radius 3 is 2.62 bits per heavy atom. The number of hydrogen-bond acceptors (Lipinski definition) is 3. The first-order valence-electron chi connectivity index (χ1n) is 4.55. The maximum atomic E-state index is 11.3. The molecule has 0 aromatic rings. The fourth-order valence-corrected chi connectivity index (χ4v) is 1.92. The van der Waals surface area contributed by atoms with Crippen molar-refractivity contribution in [2.45, 2.75) is 32.8 Å². The smallest absolute Gasteiger partial charge is 0.135 e. The summed E-state index contributed by atoms with van der Waals surface area (Å²) < 4.78 is 5.19. The number of carbonyl (C=O) groups excluding carboxylic acids is 2. The molecular formula is C10H16O3. The fraction of sp³-hybridized carbons (Fsp3) is 0.800. The van der Waals surface area contributed by atoms with Crippen molar-refractivity contribution < 1.29 is 14.3 Å². The summed E-state index contributed by atoms with van der Waals surface area (Å²) >= 11 is 0. The van der Waals surface area contributed by atoms with E-state index in [2.05, 4.69) is 0 Å². The third-order valence-electron chi connectivity index (χ3n) is 3.24. The van der Waals surface area contributed by atoms with Crippen LogP contribution < -0.4 is 0 Å². The Labute approximate surface area is 78.5 Å². The van der Waals surface area contributed by atoms with E-state index >= 15 is 0 Å². The van der Waals surface area contributed by atoms with Gasteiger partial charge in [0.1, 0.15) is 12.1 Å². The van der Waals surface area contributed by atoms with Crippen LogP contribution in [0.5, 0.6) is 0 Å². The summed E-state index contributed by atoms with van der Waals surface area (Å²) in [6.45, 7) is 3.79. The van der Waals surface area contributed by atoms with Gasteiger partial charge in [-0.05, 0) is 5.92 Å². The number of rotatable bonds is 2. The highest BCUT2D eigenvalue weighted by atomic mass is 16.5. The van der Waals surface area contributed by atoms with Crippen LogP contribution in [0.1, 0.15) is 26.7 Å². The summed E-state index contributed by atoms with van der Waals surface area (Å²) in [5, 5.41) is 0. The summed E-state index contributed by atoms with van der Waals surface area (Å²) in [5.74, 6) is 0.273. The molecule has 0 bridgehead atoms. The number of hydrogen-bond donors (Lipinski definition) is 0. The van der Waals surface area contributed by atoms with E-state index in [0.29, 0.717) is 12.8 Å². The second kappa shape index (κ2) is 3.58. The molecule has 0 radical (unpaired) electrons. The SMILES string of the molecule is CO[C@H]1CC(=O)C[C@H](C)[C@@]1(C)C=O. The Morgan fingerprint density at radius 1 is 1.54 bits per heavy atom. The van der Waals surface area contributed by atoms with E-state index in [4.69, 9.17) is 4.74 Å². The van der Waals surface area contributed by atoms with Crippen LogP contribution >= 0.6 is 0 Å². The van der Waals surface area contributed by atoms with E-state index in [1.54, 1.807) is 7.11 Å². The number of carbonyl (C=O) groups is 2. The predicted octanol–water partition coefficient (Wildman–Crippen LogP) is 1.21. The molecule has 0 heterocycles. The summed E-state index contributed by atoms with van der Waals surface area (Å²) in [6, 6.07) is 0. The van der Waals surface area contributed by atoms with Crippen LogP contribution in [0.4, 0.5) is 0 Å². The Balaban J connectivity index is 2.90. The highest BCUT2D eigenvalue weighted by Gasteiger charge is 2.44. The third-order valence-corrected chi connectivity index (χ3v) is 3.24. The standard InChI is InChI=1S/C10H16O3/c1-7-4-8(12)5-9(13-3)10(7,2)6-11/h6-7,9H,4-5H2,1-3H3/t7-,9-,10+/m0/s1. The van der Waals surface area contributed by atoms with E-state index < -0.39 is 5.41 Å². The number of ether oxygens (including phenoxy) is 1. The zero-order chi connectivity index (χ0) is 10.1. The van der Waals surface area contributed by atoms with Gasteiger partial charge in [0, 0.05) is 20.0 Å². The van der Waals surface area contributed by atoms with Crippen LogP contribution in [0.25, 0.3) is 0 Å². The lowest BCUT2D eigenvalue weighted by Gasteiger charge is -2.40. The van der Waals surface area contributed by atoms with Gasteiger partial charge < -0.3 is 9.53 Å². The van der Waals surface area contributed by atoms with Gasteiger partial charge in [0.25, 0.3) is 0 Å². The lowest BCUT2D eigenvalue weighted by Crippen LogP contribution is -2.46. The van der Waals surface area contributed by atoms with Gasteiger partial charge in [0.05, 0.1) is 11.5 Å². The quantitative estimate of drug-likeness (QED) is 0.606. The van der Waals surface area contributed by atoms with Gasteiger partial charge in [-0.25, -0.2) is 0 Å². The minimum atomic E-state index is -0.497. The first-order chi connectivity index (χ1) is 6.04. The zero-order valence-corrected chi connectivity index (χ0v) is 8.37. The van der Waals surface area contributed by atoms with Crippen LogP contribution in [0, 0.1) is 11.3 Å². The molecule has 0 aromatic carbocycles. The maximum Gasteiger partial charge on any atom is 0.135 e. The lowest BCUT2D eigenvalue weighted by molar-refractivity contribution is -0.142. The van der Waals surface area contributed by atoms with Crippen molar-refractivity contribution in [2.24, 2.45) is 11.3 Å². The van der Waals surface area contributed by atoms with Crippen LogP contribution in [0.2, 0.25) is 0 Å². The monoisotopic (exact) mass is 184 g/mol. The van der Waals surface area contributed by atoms with Crippen molar-refractivity contribution >= 4 is 12.1 Å². The van der Waals surface area contributed by atoms with Gasteiger partial charge in [0.15, 0.2) is 0 Å². The Kier molecular flexibility index (Phi) is 2.86. The molecule has 0 N–H and O–H groups in total. The molecule has 3 heteroatoms. The van der Waals surface area contributed by atoms with Crippen molar-refractivity contribution in [1.29, 1.82) is 0 Å². The van der Waals surface area contributed by atoms with E-state index in [1.807, 2.05) is 13.8 Å². The highest BCUT2D eigenvalue weighted by molar-refractivity contribution is 5.82. The van der Waals surface area contributed by atoms with E-state index in [9.17, 15) is 9.59 Å². The van der Waals surface area contributed by atoms with Crippen LogP contribution in [-0.2, 0) is 14.3 Å². The van der Waals surface area contributed by atoms with Crippen molar-refractivity contribution in [1.82, 2.24) is 0 Å². The Morgan fingerprint density at radius 2 is 2.15 bits per heavy atom. The Bertz CT molecular complexity index is 224.